The van der Waals surface area contributed by atoms with Gasteiger partial charge in [0.2, 0.25) is 0 Å². The van der Waals surface area contributed by atoms with E-state index in [1.54, 1.807) is 0 Å². The van der Waals surface area contributed by atoms with Crippen molar-refractivity contribution in [2.45, 2.75) is 78.6 Å². The molecule has 10 bridgehead atoms. The Balaban J connectivity index is 0.874. The highest BCUT2D eigenvalue weighted by Gasteiger charge is 2.34. The summed E-state index contributed by atoms with van der Waals surface area (Å²) in [5, 5.41) is 11.2. The Morgan fingerprint density at radius 2 is 0.504 bits per heavy atom. The maximum absolute atomic E-state index is 7.15. The average molecular weight is 1640 g/mol. The molecule has 0 aliphatic carbocycles. The molecule has 5 aromatic heterocycles. The molecular weight excluding hydrogens is 1540 g/mol. The minimum Gasteiger partial charge on any atom is -0.454 e. The van der Waals surface area contributed by atoms with Crippen molar-refractivity contribution in [1.29, 1.82) is 0 Å². The molecule has 0 fully saturated rings. The van der Waals surface area contributed by atoms with Gasteiger partial charge in [0.15, 0.2) is 11.2 Å². The molecule has 7 nitrogen and oxygen atoms in total. The van der Waals surface area contributed by atoms with Crippen LogP contribution in [0.4, 0.5) is 34.1 Å². The molecule has 0 amide bonds. The molecule has 0 atom stereocenters. The maximum atomic E-state index is 7.15. The van der Waals surface area contributed by atoms with Crippen molar-refractivity contribution in [3.63, 3.8) is 0 Å². The zero-order valence-electron chi connectivity index (χ0n) is 72.5. The molecule has 24 rings (SSSR count). The molecule has 0 spiro atoms. The summed E-state index contributed by atoms with van der Waals surface area (Å²) < 4.78 is 21.7. The summed E-state index contributed by atoms with van der Waals surface area (Å²) in [7, 11) is 0. The highest BCUT2D eigenvalue weighted by atomic mass is 16.3. The van der Waals surface area contributed by atoms with Gasteiger partial charge < -0.3 is 32.3 Å². The molecule has 6 heterocycles. The molecule has 18 aromatic carbocycles. The second kappa shape index (κ2) is 28.6. The zero-order chi connectivity index (χ0) is 85.5. The quantitative estimate of drug-likeness (QED) is 0.160. The minimum atomic E-state index is -0.450. The van der Waals surface area contributed by atoms with E-state index in [1.807, 2.05) is 0 Å². The van der Waals surface area contributed by atoms with Gasteiger partial charge in [-0.3, -0.25) is 0 Å². The van der Waals surface area contributed by atoms with Gasteiger partial charge in [-0.15, -0.1) is 0 Å². The third-order valence-corrected chi connectivity index (χ3v) is 26.7. The van der Waals surface area contributed by atoms with Gasteiger partial charge in [-0.25, -0.2) is 0 Å². The first-order chi connectivity index (χ1) is 61.9. The minimum absolute atomic E-state index is 0.306. The Labute approximate surface area is 738 Å². The summed E-state index contributed by atoms with van der Waals surface area (Å²) >= 11 is 0. The van der Waals surface area contributed by atoms with E-state index < -0.39 is 5.41 Å². The van der Waals surface area contributed by atoms with Crippen molar-refractivity contribution in [2.75, 3.05) is 9.80 Å². The topological polar surface area (TPSA) is 47.6 Å². The van der Waals surface area contributed by atoms with E-state index in [0.29, 0.717) is 0 Å². The molecule has 608 valence electrons. The van der Waals surface area contributed by atoms with Crippen LogP contribution >= 0.6 is 0 Å². The fraction of sp³-hybridized carbons (Fsp3) is 0.100. The molecule has 1 aliphatic heterocycles. The second-order valence-electron chi connectivity index (χ2n) is 37.6. The van der Waals surface area contributed by atoms with Gasteiger partial charge in [0.05, 0.1) is 44.5 Å². The lowest BCUT2D eigenvalue weighted by Gasteiger charge is -2.36. The number of hydrogen-bond acceptors (Lipinski definition) is 4. The third-order valence-electron chi connectivity index (χ3n) is 26.7. The molecule has 0 saturated heterocycles. The van der Waals surface area contributed by atoms with Gasteiger partial charge in [-0.1, -0.05) is 287 Å². The number of para-hydroxylation sites is 5. The van der Waals surface area contributed by atoms with Crippen LogP contribution in [0, 0.1) is 0 Å². The lowest BCUT2D eigenvalue weighted by Crippen LogP contribution is -2.20. The second-order valence-corrected chi connectivity index (χ2v) is 37.6. The number of hydrogen-bond donors (Lipinski definition) is 0. The van der Waals surface area contributed by atoms with Crippen LogP contribution in [0.2, 0.25) is 0 Å². The number of anilines is 6. The molecule has 7 heteroatoms. The summed E-state index contributed by atoms with van der Waals surface area (Å²) in [6.45, 7) is 21.3. The van der Waals surface area contributed by atoms with Crippen LogP contribution in [0.5, 0.6) is 0 Å². The van der Waals surface area contributed by atoms with E-state index >= 15 is 0 Å². The lowest BCUT2D eigenvalue weighted by atomic mass is 9.81. The van der Waals surface area contributed by atoms with Crippen LogP contribution in [0.25, 0.3) is 193 Å². The predicted molar refractivity (Wildman–Crippen MR) is 536 cm³/mol. The van der Waals surface area contributed by atoms with Crippen LogP contribution in [-0.2, 0) is 16.2 Å². The highest BCUT2D eigenvalue weighted by molar-refractivity contribution is 6.24. The van der Waals surface area contributed by atoms with Gasteiger partial charge >= 0.3 is 0 Å². The summed E-state index contributed by atoms with van der Waals surface area (Å²) in [5.41, 5.74) is 34.5. The first-order valence-corrected chi connectivity index (χ1v) is 44.3. The standard InChI is InChI=1S/C120H91N5O2/c1-118(2,3)82-65-90-73-91(66-82)122(87-42-30-44-89(72-87)125-107-50-24-20-46-93(107)97-56-58-99-95-48-22-26-52-111(95)127-117(99)115(97)125)113-101(75-33-15-11-16-34-75)68-84(120(7,8)9)70-103(113)81-38-28-36-77(62-81)79-54-60-109-105(64-79)104-63-78(53-59-108(104)123(109)85-39-17-12-18-40-85)76-35-27-37-80(61-76)102-69-83(119(4,5)6)67-100(74-31-13-10-14-32-74)112(102)121(90)86-41-29-43-88(71-86)124-106-49-23-19-45-92(106)96-55-57-98-94-47-21-25-51-110(94)126-116(98)114(96)124/h10-73H,1-9H3. The number of aromatic nitrogens is 3. The van der Waals surface area contributed by atoms with Gasteiger partial charge in [-0.2, -0.15) is 0 Å². The third kappa shape index (κ3) is 12.2. The highest BCUT2D eigenvalue weighted by Crippen LogP contribution is 2.56. The number of nitrogens with zero attached hydrogens (tertiary/aromatic N) is 5. The monoisotopic (exact) mass is 1630 g/mol. The van der Waals surface area contributed by atoms with Crippen molar-refractivity contribution in [1.82, 2.24) is 13.7 Å². The van der Waals surface area contributed by atoms with Gasteiger partial charge in [0, 0.05) is 116 Å². The summed E-state index contributed by atoms with van der Waals surface area (Å²) in [5.74, 6) is 0. The molecule has 0 radical (unpaired) electrons. The number of fused-ring (bicyclic) bond motifs is 28. The Bertz CT molecular complexity index is 8000. The maximum Gasteiger partial charge on any atom is 0.160 e. The van der Waals surface area contributed by atoms with E-state index in [-0.39, 0.29) is 10.8 Å². The largest absolute Gasteiger partial charge is 0.454 e. The smallest absolute Gasteiger partial charge is 0.160 e. The normalized spacial score (nSPS) is 12.7. The molecule has 0 saturated carbocycles. The predicted octanol–water partition coefficient (Wildman–Crippen LogP) is 33.9. The average Bonchev–Trinajstić information content (AvgIpc) is 1.72. The number of rotatable bonds is 7. The molecule has 0 N–H and O–H groups in total. The Morgan fingerprint density at radius 3 is 0.937 bits per heavy atom. The van der Waals surface area contributed by atoms with Crippen molar-refractivity contribution in [3.8, 4) is 83.8 Å². The van der Waals surface area contributed by atoms with E-state index in [9.17, 15) is 0 Å². The van der Waals surface area contributed by atoms with Gasteiger partial charge in [0.25, 0.3) is 0 Å². The molecule has 127 heavy (non-hydrogen) atoms. The summed E-state index contributed by atoms with van der Waals surface area (Å²) in [4.78, 5) is 5.26. The first-order valence-electron chi connectivity index (χ1n) is 44.3. The van der Waals surface area contributed by atoms with Crippen LogP contribution in [-0.4, -0.2) is 13.7 Å². The van der Waals surface area contributed by atoms with Crippen LogP contribution in [0.1, 0.15) is 79.0 Å². The van der Waals surface area contributed by atoms with Crippen LogP contribution in [0.3, 0.4) is 0 Å². The van der Waals surface area contributed by atoms with E-state index in [1.165, 1.54) is 21.9 Å². The fourth-order valence-electron chi connectivity index (χ4n) is 20.3. The van der Waals surface area contributed by atoms with Crippen molar-refractivity contribution < 1.29 is 8.83 Å². The van der Waals surface area contributed by atoms with Crippen LogP contribution in [0.15, 0.2) is 397 Å². The molecule has 1 aliphatic rings. The summed E-state index contributed by atoms with van der Waals surface area (Å²) in [6, 6.07) is 146. The van der Waals surface area contributed by atoms with Crippen molar-refractivity contribution in [3.05, 3.63) is 405 Å². The van der Waals surface area contributed by atoms with Crippen molar-refractivity contribution >= 4 is 143 Å². The molecular formula is C120H91N5O2. The number of furan rings is 2. The Hall–Kier alpha value is -15.4. The molecule has 0 unspecified atom stereocenters. The van der Waals surface area contributed by atoms with Crippen LogP contribution < -0.4 is 9.80 Å². The number of benzene rings is 18. The van der Waals surface area contributed by atoms with E-state index in [4.69, 9.17) is 8.83 Å². The van der Waals surface area contributed by atoms with Gasteiger partial charge in [0.1, 0.15) is 11.2 Å². The Kier molecular flexibility index (Phi) is 16.9. The lowest BCUT2D eigenvalue weighted by molar-refractivity contribution is 0.590. The zero-order valence-corrected chi connectivity index (χ0v) is 72.5. The van der Waals surface area contributed by atoms with Gasteiger partial charge in [-0.05, 0) is 241 Å². The summed E-state index contributed by atoms with van der Waals surface area (Å²) in [6.07, 6.45) is 0. The van der Waals surface area contributed by atoms with E-state index in [0.717, 1.165) is 222 Å². The van der Waals surface area contributed by atoms with E-state index in [2.05, 4.69) is 474 Å². The SMILES string of the molecule is CC(C)(C)c1cc2cc(c1)N(c1cccc(-n3c4ccccc4c4ccc5c6ccccc6oc5c43)c1)c1c(-c3ccccc3)cc(C(C)(C)C)cc1-c1cccc(c1)-c1ccc3c(c1)c1cc(ccc1n3-c1ccccc1)-c1cccc(c1)-c1cc(C(C)(C)C)cc(-c3ccccc3)c1N2c1cccc(-n2c3ccccc3c3ccc4c5ccccc5oc4c32)c1. The first kappa shape index (κ1) is 75.3. The Morgan fingerprint density at radius 1 is 0.189 bits per heavy atom. The van der Waals surface area contributed by atoms with Crippen molar-refractivity contribution in [2.24, 2.45) is 0 Å². The molecule has 23 aromatic rings. The fourth-order valence-corrected chi connectivity index (χ4v) is 20.3.